The van der Waals surface area contributed by atoms with Gasteiger partial charge in [0.05, 0.1) is 0 Å². The largest absolute Gasteiger partial charge is 0.481 e. The first-order valence-electron chi connectivity index (χ1n) is 3.51. The van der Waals surface area contributed by atoms with Crippen LogP contribution in [-0.4, -0.2) is 28.1 Å². The van der Waals surface area contributed by atoms with Crippen molar-refractivity contribution in [3.63, 3.8) is 0 Å². The van der Waals surface area contributed by atoms with Crippen molar-refractivity contribution in [2.45, 2.75) is 26.2 Å². The first-order valence-corrected chi connectivity index (χ1v) is 4.63. The standard InChI is InChI=1S/C5H11BrO.C2H4O2/c6-4-2-1-3-5-7;1-2(3)4/h7H,1-5H2;1H3,(H,3,4). The Balaban J connectivity index is 0. The summed E-state index contributed by atoms with van der Waals surface area (Å²) in [6.07, 6.45) is 3.27. The van der Waals surface area contributed by atoms with Crippen LogP contribution in [0.3, 0.4) is 0 Å². The van der Waals surface area contributed by atoms with Crippen LogP contribution in [0, 0.1) is 0 Å². The molecule has 0 aliphatic rings. The summed E-state index contributed by atoms with van der Waals surface area (Å²) in [6.45, 7) is 1.42. The lowest BCUT2D eigenvalue weighted by Crippen LogP contribution is -1.82. The van der Waals surface area contributed by atoms with Crippen molar-refractivity contribution >= 4 is 21.9 Å². The highest BCUT2D eigenvalue weighted by molar-refractivity contribution is 9.09. The molecule has 0 unspecified atom stereocenters. The number of aliphatic carboxylic acids is 1. The maximum absolute atomic E-state index is 9.00. The summed E-state index contributed by atoms with van der Waals surface area (Å²) in [5.41, 5.74) is 0. The Morgan fingerprint density at radius 1 is 1.36 bits per heavy atom. The van der Waals surface area contributed by atoms with Crippen molar-refractivity contribution in [2.75, 3.05) is 11.9 Å². The van der Waals surface area contributed by atoms with Crippen molar-refractivity contribution in [1.29, 1.82) is 0 Å². The van der Waals surface area contributed by atoms with E-state index in [0.717, 1.165) is 25.1 Å². The predicted molar refractivity (Wildman–Crippen MR) is 48.0 cm³/mol. The minimum atomic E-state index is -0.833. The van der Waals surface area contributed by atoms with Crippen molar-refractivity contribution in [2.24, 2.45) is 0 Å². The zero-order chi connectivity index (χ0) is 9.11. The molecule has 4 heteroatoms. The average Bonchev–Trinajstić information content (AvgIpc) is 1.88. The Hall–Kier alpha value is -0.0900. The van der Waals surface area contributed by atoms with E-state index in [1.807, 2.05) is 0 Å². The number of aliphatic hydroxyl groups excluding tert-OH is 1. The lowest BCUT2D eigenvalue weighted by atomic mass is 10.3. The molecule has 0 fully saturated rings. The second kappa shape index (κ2) is 12.6. The minimum Gasteiger partial charge on any atom is -0.481 e. The fraction of sp³-hybridized carbons (Fsp3) is 0.857. The number of alkyl halides is 1. The van der Waals surface area contributed by atoms with Crippen LogP contribution in [0.5, 0.6) is 0 Å². The van der Waals surface area contributed by atoms with Gasteiger partial charge >= 0.3 is 0 Å². The third-order valence-corrected chi connectivity index (χ3v) is 1.35. The van der Waals surface area contributed by atoms with Crippen molar-refractivity contribution in [1.82, 2.24) is 0 Å². The monoisotopic (exact) mass is 226 g/mol. The molecule has 0 atom stereocenters. The fourth-order valence-corrected chi connectivity index (χ4v) is 0.780. The van der Waals surface area contributed by atoms with Gasteiger partial charge in [0.2, 0.25) is 0 Å². The van der Waals surface area contributed by atoms with E-state index in [4.69, 9.17) is 15.0 Å². The van der Waals surface area contributed by atoms with E-state index in [9.17, 15) is 0 Å². The number of unbranched alkanes of at least 4 members (excludes halogenated alkanes) is 2. The number of carbonyl (C=O) groups is 1. The summed E-state index contributed by atoms with van der Waals surface area (Å²) in [5, 5.41) is 16.8. The molecule has 0 heterocycles. The van der Waals surface area contributed by atoms with Crippen LogP contribution >= 0.6 is 15.9 Å². The Kier molecular flexibility index (Phi) is 15.4. The van der Waals surface area contributed by atoms with E-state index < -0.39 is 5.97 Å². The highest BCUT2D eigenvalue weighted by Crippen LogP contribution is 1.96. The van der Waals surface area contributed by atoms with Crippen molar-refractivity contribution in [3.05, 3.63) is 0 Å². The van der Waals surface area contributed by atoms with E-state index in [1.54, 1.807) is 0 Å². The Bertz CT molecular complexity index is 77.8. The predicted octanol–water partition coefficient (Wildman–Crippen LogP) is 1.63. The van der Waals surface area contributed by atoms with Gasteiger partial charge in [0.1, 0.15) is 0 Å². The van der Waals surface area contributed by atoms with Crippen molar-refractivity contribution in [3.8, 4) is 0 Å². The van der Waals surface area contributed by atoms with E-state index in [0.29, 0.717) is 6.61 Å². The third kappa shape index (κ3) is 40.6. The molecule has 0 saturated heterocycles. The van der Waals surface area contributed by atoms with Gasteiger partial charge in [-0.1, -0.05) is 22.4 Å². The summed E-state index contributed by atoms with van der Waals surface area (Å²) in [5.74, 6) is -0.833. The highest BCUT2D eigenvalue weighted by Gasteiger charge is 1.81. The molecule has 0 spiro atoms. The zero-order valence-corrected chi connectivity index (χ0v) is 8.30. The lowest BCUT2D eigenvalue weighted by molar-refractivity contribution is -0.134. The van der Waals surface area contributed by atoms with Crippen molar-refractivity contribution < 1.29 is 15.0 Å². The van der Waals surface area contributed by atoms with Crippen LogP contribution in [0.25, 0.3) is 0 Å². The second-order valence-corrected chi connectivity index (χ2v) is 2.79. The second-order valence-electron chi connectivity index (χ2n) is 1.99. The zero-order valence-electron chi connectivity index (χ0n) is 6.72. The van der Waals surface area contributed by atoms with Crippen LogP contribution in [0.15, 0.2) is 0 Å². The molecule has 0 amide bonds. The van der Waals surface area contributed by atoms with Gasteiger partial charge in [-0.15, -0.1) is 0 Å². The number of hydrogen-bond donors (Lipinski definition) is 2. The molecule has 68 valence electrons. The highest BCUT2D eigenvalue weighted by atomic mass is 79.9. The Morgan fingerprint density at radius 2 is 1.82 bits per heavy atom. The molecule has 0 saturated carbocycles. The summed E-state index contributed by atoms with van der Waals surface area (Å²) < 4.78 is 0. The Morgan fingerprint density at radius 3 is 2.09 bits per heavy atom. The van der Waals surface area contributed by atoms with Gasteiger partial charge in [-0.2, -0.15) is 0 Å². The summed E-state index contributed by atoms with van der Waals surface area (Å²) in [6, 6.07) is 0. The van der Waals surface area contributed by atoms with Crippen LogP contribution in [0.1, 0.15) is 26.2 Å². The quantitative estimate of drug-likeness (QED) is 0.566. The maximum atomic E-state index is 9.00. The van der Waals surface area contributed by atoms with Gasteiger partial charge in [0, 0.05) is 18.9 Å². The number of hydrogen-bond acceptors (Lipinski definition) is 2. The van der Waals surface area contributed by atoms with E-state index in [2.05, 4.69) is 15.9 Å². The van der Waals surface area contributed by atoms with Crippen LogP contribution in [0.4, 0.5) is 0 Å². The van der Waals surface area contributed by atoms with Gasteiger partial charge < -0.3 is 10.2 Å². The van der Waals surface area contributed by atoms with E-state index in [-0.39, 0.29) is 0 Å². The topological polar surface area (TPSA) is 57.5 Å². The van der Waals surface area contributed by atoms with Gasteiger partial charge in [0.15, 0.2) is 0 Å². The number of carboxylic acids is 1. The molecular weight excluding hydrogens is 212 g/mol. The van der Waals surface area contributed by atoms with Gasteiger partial charge in [-0.05, 0) is 12.8 Å². The first kappa shape index (κ1) is 13.5. The molecule has 2 N–H and O–H groups in total. The minimum absolute atomic E-state index is 0.340. The van der Waals surface area contributed by atoms with E-state index >= 15 is 0 Å². The molecule has 11 heavy (non-hydrogen) atoms. The van der Waals surface area contributed by atoms with Gasteiger partial charge in [-0.25, -0.2) is 0 Å². The molecule has 3 nitrogen and oxygen atoms in total. The molecule has 0 aromatic carbocycles. The molecule has 0 aromatic rings. The fourth-order valence-electron chi connectivity index (χ4n) is 0.383. The number of carboxylic acid groups (broad SMARTS) is 1. The van der Waals surface area contributed by atoms with Gasteiger partial charge in [0.25, 0.3) is 5.97 Å². The average molecular weight is 227 g/mol. The normalized spacial score (nSPS) is 8.27. The molecule has 0 aliphatic heterocycles. The SMILES string of the molecule is CC(=O)O.OCCCCCBr. The number of aliphatic hydroxyl groups is 1. The summed E-state index contributed by atoms with van der Waals surface area (Å²) >= 11 is 3.30. The van der Waals surface area contributed by atoms with Gasteiger partial charge in [-0.3, -0.25) is 4.79 Å². The summed E-state index contributed by atoms with van der Waals surface area (Å²) in [7, 11) is 0. The molecule has 0 aliphatic carbocycles. The molecule has 0 radical (unpaired) electrons. The van der Waals surface area contributed by atoms with E-state index in [1.165, 1.54) is 6.42 Å². The van der Waals surface area contributed by atoms with Crippen LogP contribution < -0.4 is 0 Å². The number of halogens is 1. The molecule has 0 rings (SSSR count). The summed E-state index contributed by atoms with van der Waals surface area (Å²) in [4.78, 5) is 9.00. The number of rotatable bonds is 4. The lowest BCUT2D eigenvalue weighted by Gasteiger charge is -1.89. The maximum Gasteiger partial charge on any atom is 0.300 e. The smallest absolute Gasteiger partial charge is 0.300 e. The Labute approximate surface area is 75.6 Å². The molecule has 0 aromatic heterocycles. The molecular formula is C7H15BrO3. The van der Waals surface area contributed by atoms with Crippen LogP contribution in [-0.2, 0) is 4.79 Å². The molecule has 0 bridgehead atoms. The third-order valence-electron chi connectivity index (χ3n) is 0.792. The van der Waals surface area contributed by atoms with Crippen LogP contribution in [0.2, 0.25) is 0 Å². The first-order chi connectivity index (χ1) is 5.15.